The molecular weight excluding hydrogens is 504 g/mol. The van der Waals surface area contributed by atoms with E-state index in [1.807, 2.05) is 6.92 Å². The molecule has 4 aromatic carbocycles. The molecule has 0 saturated heterocycles. The first-order chi connectivity index (χ1) is 18.7. The largest absolute Gasteiger partial charge is 0.473 e. The van der Waals surface area contributed by atoms with E-state index >= 15 is 0 Å². The summed E-state index contributed by atoms with van der Waals surface area (Å²) in [6.45, 7) is 3.71. The quantitative estimate of drug-likeness (QED) is 0.133. The first-order valence-corrected chi connectivity index (χ1v) is 11.8. The van der Waals surface area contributed by atoms with Crippen LogP contribution in [0.2, 0.25) is 0 Å². The summed E-state index contributed by atoms with van der Waals surface area (Å²) < 4.78 is 11.5. The van der Waals surface area contributed by atoms with Crippen LogP contribution in [0.25, 0.3) is 0 Å². The SMILES string of the molecule is Cc1ccc([N+](=O)[O-])cc1NCOc1ccc(Oc2ccc(C(=O)Nc3cc([N+](=O)[O-])ccc3C)cc2)cc1. The van der Waals surface area contributed by atoms with Gasteiger partial charge in [0.2, 0.25) is 0 Å². The van der Waals surface area contributed by atoms with Crippen molar-refractivity contribution in [1.29, 1.82) is 0 Å². The molecule has 4 rings (SSSR count). The van der Waals surface area contributed by atoms with E-state index in [4.69, 9.17) is 9.47 Å². The van der Waals surface area contributed by atoms with Gasteiger partial charge in [-0.3, -0.25) is 25.0 Å². The maximum absolute atomic E-state index is 12.6. The van der Waals surface area contributed by atoms with Crippen LogP contribution >= 0.6 is 0 Å². The van der Waals surface area contributed by atoms with E-state index in [-0.39, 0.29) is 18.1 Å². The molecular formula is C28H24N4O7. The van der Waals surface area contributed by atoms with Gasteiger partial charge in [0.05, 0.1) is 15.5 Å². The summed E-state index contributed by atoms with van der Waals surface area (Å²) in [6.07, 6.45) is 0. The van der Waals surface area contributed by atoms with Crippen molar-refractivity contribution in [2.75, 3.05) is 17.4 Å². The number of carbonyl (C=O) groups is 1. The number of nitrogens with zero attached hydrogens (tertiary/aromatic N) is 2. The molecule has 0 aliphatic rings. The number of nitro benzene ring substituents is 2. The van der Waals surface area contributed by atoms with E-state index in [1.165, 1.54) is 24.3 Å². The molecule has 0 spiro atoms. The minimum absolute atomic E-state index is 0.00385. The Hall–Kier alpha value is -5.45. The van der Waals surface area contributed by atoms with Crippen molar-refractivity contribution in [3.63, 3.8) is 0 Å². The highest BCUT2D eigenvalue weighted by Gasteiger charge is 2.13. The number of nitro groups is 2. The molecule has 0 bridgehead atoms. The Morgan fingerprint density at radius 3 is 1.77 bits per heavy atom. The lowest BCUT2D eigenvalue weighted by molar-refractivity contribution is -0.385. The fourth-order valence-electron chi connectivity index (χ4n) is 3.58. The number of carbonyl (C=O) groups excluding carboxylic acids is 1. The van der Waals surface area contributed by atoms with E-state index in [9.17, 15) is 25.0 Å². The molecule has 0 unspecified atom stereocenters. The first-order valence-electron chi connectivity index (χ1n) is 11.8. The highest BCUT2D eigenvalue weighted by atomic mass is 16.6. The summed E-state index contributed by atoms with van der Waals surface area (Å²) >= 11 is 0. The number of benzene rings is 4. The van der Waals surface area contributed by atoms with Crippen LogP contribution in [0.1, 0.15) is 21.5 Å². The number of amides is 1. The number of hydrogen-bond donors (Lipinski definition) is 2. The Kier molecular flexibility index (Phi) is 8.00. The minimum Gasteiger partial charge on any atom is -0.473 e. The second-order valence-corrected chi connectivity index (χ2v) is 8.53. The van der Waals surface area contributed by atoms with Gasteiger partial charge >= 0.3 is 0 Å². The van der Waals surface area contributed by atoms with E-state index in [0.717, 1.165) is 5.56 Å². The van der Waals surface area contributed by atoms with Crippen LogP contribution in [-0.4, -0.2) is 22.5 Å². The molecule has 198 valence electrons. The van der Waals surface area contributed by atoms with Crippen molar-refractivity contribution < 1.29 is 24.1 Å². The van der Waals surface area contributed by atoms with E-state index in [0.29, 0.717) is 39.8 Å². The normalized spacial score (nSPS) is 10.4. The number of nitrogens with one attached hydrogen (secondary N) is 2. The molecule has 11 heteroatoms. The average molecular weight is 529 g/mol. The molecule has 0 radical (unpaired) electrons. The fourth-order valence-corrected chi connectivity index (χ4v) is 3.58. The number of hydrogen-bond acceptors (Lipinski definition) is 8. The second-order valence-electron chi connectivity index (χ2n) is 8.53. The Labute approximate surface area is 223 Å². The van der Waals surface area contributed by atoms with E-state index in [1.54, 1.807) is 67.6 Å². The summed E-state index contributed by atoms with van der Waals surface area (Å²) in [4.78, 5) is 33.7. The highest BCUT2D eigenvalue weighted by Crippen LogP contribution is 2.26. The molecule has 0 saturated carbocycles. The molecule has 0 heterocycles. The van der Waals surface area contributed by atoms with Crippen LogP contribution in [0, 0.1) is 34.1 Å². The van der Waals surface area contributed by atoms with Crippen LogP contribution in [-0.2, 0) is 0 Å². The van der Waals surface area contributed by atoms with Gasteiger partial charge in [-0.15, -0.1) is 0 Å². The van der Waals surface area contributed by atoms with E-state index < -0.39 is 15.8 Å². The molecule has 0 aliphatic carbocycles. The van der Waals surface area contributed by atoms with Crippen LogP contribution in [0.4, 0.5) is 22.7 Å². The fraction of sp³-hybridized carbons (Fsp3) is 0.107. The smallest absolute Gasteiger partial charge is 0.271 e. The third-order valence-electron chi connectivity index (χ3n) is 5.79. The van der Waals surface area contributed by atoms with Gasteiger partial charge in [-0.25, -0.2) is 0 Å². The highest BCUT2D eigenvalue weighted by molar-refractivity contribution is 6.04. The Morgan fingerprint density at radius 1 is 0.718 bits per heavy atom. The molecule has 0 atom stereocenters. The van der Waals surface area contributed by atoms with Crippen molar-refractivity contribution in [1.82, 2.24) is 0 Å². The second kappa shape index (κ2) is 11.7. The zero-order valence-corrected chi connectivity index (χ0v) is 21.0. The molecule has 4 aromatic rings. The Balaban J connectivity index is 1.31. The van der Waals surface area contributed by atoms with Gasteiger partial charge < -0.3 is 20.1 Å². The Morgan fingerprint density at radius 2 is 1.21 bits per heavy atom. The number of anilines is 2. The van der Waals surface area contributed by atoms with Crippen molar-refractivity contribution in [2.24, 2.45) is 0 Å². The van der Waals surface area contributed by atoms with Gasteiger partial charge in [0, 0.05) is 35.5 Å². The molecule has 39 heavy (non-hydrogen) atoms. The third-order valence-corrected chi connectivity index (χ3v) is 5.79. The van der Waals surface area contributed by atoms with Crippen molar-refractivity contribution >= 4 is 28.7 Å². The van der Waals surface area contributed by atoms with E-state index in [2.05, 4.69) is 10.6 Å². The van der Waals surface area contributed by atoms with Crippen molar-refractivity contribution in [3.05, 3.63) is 122 Å². The van der Waals surface area contributed by atoms with Gasteiger partial charge in [-0.05, 0) is 73.5 Å². The molecule has 0 fully saturated rings. The first kappa shape index (κ1) is 26.6. The van der Waals surface area contributed by atoms with Gasteiger partial charge in [0.15, 0.2) is 6.73 Å². The standard InChI is InChI=1S/C28H24N4O7/c1-18-3-7-21(31(34)35)15-26(18)29-17-38-23-11-13-25(14-12-23)39-24-9-5-20(6-10-24)28(33)30-27-16-22(32(36)37)8-4-19(27)2/h3-16,29H,17H2,1-2H3,(H,30,33). The van der Waals surface area contributed by atoms with Crippen LogP contribution in [0.3, 0.4) is 0 Å². The summed E-state index contributed by atoms with van der Waals surface area (Å²) in [5.41, 5.74) is 2.80. The van der Waals surface area contributed by atoms with Gasteiger partial charge in [0.25, 0.3) is 17.3 Å². The van der Waals surface area contributed by atoms with Crippen LogP contribution in [0.15, 0.2) is 84.9 Å². The minimum atomic E-state index is -0.516. The van der Waals surface area contributed by atoms with Gasteiger partial charge in [0.1, 0.15) is 17.2 Å². The van der Waals surface area contributed by atoms with Gasteiger partial charge in [-0.1, -0.05) is 12.1 Å². The predicted octanol–water partition coefficient (Wildman–Crippen LogP) is 6.61. The summed E-state index contributed by atoms with van der Waals surface area (Å²) in [7, 11) is 0. The molecule has 0 aromatic heterocycles. The van der Waals surface area contributed by atoms with Crippen molar-refractivity contribution in [2.45, 2.75) is 13.8 Å². The lowest BCUT2D eigenvalue weighted by Crippen LogP contribution is -2.12. The maximum Gasteiger partial charge on any atom is 0.271 e. The molecule has 1 amide bonds. The molecule has 2 N–H and O–H groups in total. The Bertz CT molecular complexity index is 1520. The monoisotopic (exact) mass is 528 g/mol. The van der Waals surface area contributed by atoms with Crippen molar-refractivity contribution in [3.8, 4) is 17.2 Å². The molecule has 11 nitrogen and oxygen atoms in total. The van der Waals surface area contributed by atoms with Crippen LogP contribution < -0.4 is 20.1 Å². The molecule has 0 aliphatic heterocycles. The zero-order valence-electron chi connectivity index (χ0n) is 21.0. The van der Waals surface area contributed by atoms with Crippen LogP contribution in [0.5, 0.6) is 17.2 Å². The zero-order chi connectivity index (χ0) is 27.9. The summed E-state index contributed by atoms with van der Waals surface area (Å²) in [5, 5.41) is 27.7. The number of non-ortho nitro benzene ring substituents is 2. The summed E-state index contributed by atoms with van der Waals surface area (Å²) in [5.74, 6) is 1.23. The predicted molar refractivity (Wildman–Crippen MR) is 146 cm³/mol. The summed E-state index contributed by atoms with van der Waals surface area (Å²) in [6, 6.07) is 22.2. The maximum atomic E-state index is 12.6. The topological polar surface area (TPSA) is 146 Å². The number of rotatable bonds is 10. The lowest BCUT2D eigenvalue weighted by atomic mass is 10.1. The number of aryl methyl sites for hydroxylation is 2. The number of ether oxygens (including phenoxy) is 2. The third kappa shape index (κ3) is 6.86. The van der Waals surface area contributed by atoms with Gasteiger partial charge in [-0.2, -0.15) is 0 Å². The average Bonchev–Trinajstić information content (AvgIpc) is 2.92. The lowest BCUT2D eigenvalue weighted by Gasteiger charge is -2.12.